The molecule has 1 N–H and O–H groups in total. The van der Waals surface area contributed by atoms with E-state index >= 15 is 0 Å². The zero-order chi connectivity index (χ0) is 14.5. The summed E-state index contributed by atoms with van der Waals surface area (Å²) in [5.41, 5.74) is 1.12. The van der Waals surface area contributed by atoms with Crippen LogP contribution < -0.4 is 5.32 Å². The molecule has 112 valence electrons. The van der Waals surface area contributed by atoms with Crippen molar-refractivity contribution in [2.75, 3.05) is 6.54 Å². The highest BCUT2D eigenvalue weighted by atomic mass is 79.9. The maximum absolute atomic E-state index is 13.4. The van der Waals surface area contributed by atoms with Gasteiger partial charge in [-0.1, -0.05) is 42.6 Å². The van der Waals surface area contributed by atoms with E-state index in [4.69, 9.17) is 0 Å². The lowest BCUT2D eigenvalue weighted by atomic mass is 9.76. The third-order valence-corrected chi connectivity index (χ3v) is 5.12. The predicted octanol–water partition coefficient (Wildman–Crippen LogP) is 4.94. The number of hydrogen-bond acceptors (Lipinski definition) is 1. The Balaban J connectivity index is 2.02. The highest BCUT2D eigenvalue weighted by molar-refractivity contribution is 9.10. The van der Waals surface area contributed by atoms with Gasteiger partial charge in [0.15, 0.2) is 0 Å². The van der Waals surface area contributed by atoms with E-state index in [1.54, 1.807) is 6.07 Å². The van der Waals surface area contributed by atoms with Crippen molar-refractivity contribution >= 4 is 15.9 Å². The molecule has 1 aromatic rings. The molecule has 0 aromatic heterocycles. The van der Waals surface area contributed by atoms with E-state index in [-0.39, 0.29) is 5.82 Å². The lowest BCUT2D eigenvalue weighted by Crippen LogP contribution is -2.35. The molecule has 0 heterocycles. The first-order valence-electron chi connectivity index (χ1n) is 7.73. The lowest BCUT2D eigenvalue weighted by molar-refractivity contribution is 0.224. The molecule has 2 unspecified atom stereocenters. The van der Waals surface area contributed by atoms with Gasteiger partial charge in [-0.2, -0.15) is 0 Å². The van der Waals surface area contributed by atoms with Gasteiger partial charge in [-0.05, 0) is 61.4 Å². The van der Waals surface area contributed by atoms with Crippen molar-refractivity contribution in [3.05, 3.63) is 34.1 Å². The number of rotatable bonds is 5. The Labute approximate surface area is 130 Å². The van der Waals surface area contributed by atoms with Crippen LogP contribution in [0.1, 0.15) is 45.1 Å². The van der Waals surface area contributed by atoms with Gasteiger partial charge in [-0.15, -0.1) is 0 Å². The quantitative estimate of drug-likeness (QED) is 0.800. The minimum Gasteiger partial charge on any atom is -0.314 e. The summed E-state index contributed by atoms with van der Waals surface area (Å²) in [5.74, 6) is 1.27. The molecule has 0 aliphatic heterocycles. The summed E-state index contributed by atoms with van der Waals surface area (Å²) in [4.78, 5) is 0. The molecule has 1 saturated carbocycles. The van der Waals surface area contributed by atoms with Crippen LogP contribution >= 0.6 is 15.9 Å². The van der Waals surface area contributed by atoms with Crippen LogP contribution in [-0.2, 0) is 6.42 Å². The summed E-state index contributed by atoms with van der Waals surface area (Å²) in [6, 6.07) is 5.57. The summed E-state index contributed by atoms with van der Waals surface area (Å²) >= 11 is 3.56. The summed E-state index contributed by atoms with van der Waals surface area (Å²) in [7, 11) is 0. The fraction of sp³-hybridized carbons (Fsp3) is 0.647. The van der Waals surface area contributed by atoms with E-state index in [9.17, 15) is 4.39 Å². The number of hydrogen-bond donors (Lipinski definition) is 1. The van der Waals surface area contributed by atoms with Crippen LogP contribution in [0.15, 0.2) is 22.7 Å². The smallest absolute Gasteiger partial charge is 0.123 e. The second-order valence-electron chi connectivity index (χ2n) is 6.31. The Morgan fingerprint density at radius 1 is 1.25 bits per heavy atom. The monoisotopic (exact) mass is 341 g/mol. The van der Waals surface area contributed by atoms with Gasteiger partial charge in [-0.3, -0.25) is 0 Å². The predicted molar refractivity (Wildman–Crippen MR) is 86.4 cm³/mol. The first kappa shape index (κ1) is 16.0. The van der Waals surface area contributed by atoms with E-state index in [0.717, 1.165) is 28.9 Å². The molecule has 1 aliphatic rings. The van der Waals surface area contributed by atoms with Crippen molar-refractivity contribution in [1.82, 2.24) is 5.32 Å². The van der Waals surface area contributed by atoms with Gasteiger partial charge < -0.3 is 5.32 Å². The normalized spacial score (nSPS) is 23.2. The topological polar surface area (TPSA) is 12.0 Å². The fourth-order valence-electron chi connectivity index (χ4n) is 3.19. The molecule has 0 radical (unpaired) electrons. The van der Waals surface area contributed by atoms with E-state index < -0.39 is 0 Å². The average molecular weight is 342 g/mol. The highest BCUT2D eigenvalue weighted by Gasteiger charge is 2.25. The van der Waals surface area contributed by atoms with Crippen LogP contribution in [0.4, 0.5) is 4.39 Å². The van der Waals surface area contributed by atoms with Gasteiger partial charge in [0.1, 0.15) is 5.82 Å². The van der Waals surface area contributed by atoms with E-state index in [1.807, 2.05) is 6.07 Å². The molecule has 2 rings (SSSR count). The van der Waals surface area contributed by atoms with Crippen LogP contribution in [0.2, 0.25) is 0 Å². The van der Waals surface area contributed by atoms with Gasteiger partial charge >= 0.3 is 0 Å². The second-order valence-corrected chi connectivity index (χ2v) is 7.16. The van der Waals surface area contributed by atoms with Crippen molar-refractivity contribution in [3.63, 3.8) is 0 Å². The van der Waals surface area contributed by atoms with Crippen LogP contribution in [0.5, 0.6) is 0 Å². The molecule has 1 fully saturated rings. The number of nitrogens with one attached hydrogen (secondary N) is 1. The SMILES string of the molecule is CC(C)NCC1CCCCC1Cc1cc(F)ccc1Br. The Morgan fingerprint density at radius 2 is 1.95 bits per heavy atom. The van der Waals surface area contributed by atoms with Crippen LogP contribution in [0.25, 0.3) is 0 Å². The molecule has 1 aliphatic carbocycles. The first-order valence-corrected chi connectivity index (χ1v) is 8.53. The minimum absolute atomic E-state index is 0.129. The standard InChI is InChI=1S/C17H25BrFN/c1-12(2)20-11-14-6-4-3-5-13(14)9-15-10-16(19)7-8-17(15)18/h7-8,10,12-14,20H,3-6,9,11H2,1-2H3. The Kier molecular flexibility index (Phi) is 6.03. The average Bonchev–Trinajstić information content (AvgIpc) is 2.42. The van der Waals surface area contributed by atoms with Gasteiger partial charge in [0, 0.05) is 10.5 Å². The van der Waals surface area contributed by atoms with E-state index in [0.29, 0.717) is 12.0 Å². The van der Waals surface area contributed by atoms with Gasteiger partial charge in [0.05, 0.1) is 0 Å². The zero-order valence-electron chi connectivity index (χ0n) is 12.5. The van der Waals surface area contributed by atoms with Crippen LogP contribution in [-0.4, -0.2) is 12.6 Å². The van der Waals surface area contributed by atoms with Crippen molar-refractivity contribution in [2.45, 2.75) is 52.0 Å². The zero-order valence-corrected chi connectivity index (χ0v) is 14.0. The summed E-state index contributed by atoms with van der Waals surface area (Å²) in [5, 5.41) is 3.57. The van der Waals surface area contributed by atoms with Crippen LogP contribution in [0, 0.1) is 17.7 Å². The summed E-state index contributed by atoms with van der Waals surface area (Å²) < 4.78 is 14.5. The molecule has 1 nitrogen and oxygen atoms in total. The lowest BCUT2D eigenvalue weighted by Gasteiger charge is -2.32. The van der Waals surface area contributed by atoms with Crippen molar-refractivity contribution in [1.29, 1.82) is 0 Å². The highest BCUT2D eigenvalue weighted by Crippen LogP contribution is 2.34. The molecule has 0 saturated heterocycles. The molecule has 3 heteroatoms. The van der Waals surface area contributed by atoms with Crippen LogP contribution in [0.3, 0.4) is 0 Å². The number of halogens is 2. The largest absolute Gasteiger partial charge is 0.314 e. The maximum atomic E-state index is 13.4. The molecule has 20 heavy (non-hydrogen) atoms. The summed E-state index contributed by atoms with van der Waals surface area (Å²) in [6.45, 7) is 5.48. The molecule has 2 atom stereocenters. The van der Waals surface area contributed by atoms with E-state index in [2.05, 4.69) is 35.1 Å². The second kappa shape index (κ2) is 7.56. The van der Waals surface area contributed by atoms with Crippen molar-refractivity contribution in [3.8, 4) is 0 Å². The molecule has 0 spiro atoms. The first-order chi connectivity index (χ1) is 9.56. The van der Waals surface area contributed by atoms with Gasteiger partial charge in [-0.25, -0.2) is 4.39 Å². The maximum Gasteiger partial charge on any atom is 0.123 e. The molecule has 1 aromatic carbocycles. The minimum atomic E-state index is -0.129. The Bertz CT molecular complexity index is 433. The van der Waals surface area contributed by atoms with Gasteiger partial charge in [0.25, 0.3) is 0 Å². The number of benzene rings is 1. The van der Waals surface area contributed by atoms with Gasteiger partial charge in [0.2, 0.25) is 0 Å². The molecular formula is C17H25BrFN. The summed E-state index contributed by atoms with van der Waals surface area (Å²) in [6.07, 6.45) is 6.22. The fourth-order valence-corrected chi connectivity index (χ4v) is 3.60. The van der Waals surface area contributed by atoms with Crippen molar-refractivity contribution < 1.29 is 4.39 Å². The molecular weight excluding hydrogens is 317 g/mol. The van der Waals surface area contributed by atoms with Crippen molar-refractivity contribution in [2.24, 2.45) is 11.8 Å². The Hall–Kier alpha value is -0.410. The Morgan fingerprint density at radius 3 is 2.65 bits per heavy atom. The third kappa shape index (κ3) is 4.56. The molecule has 0 amide bonds. The van der Waals surface area contributed by atoms with E-state index in [1.165, 1.54) is 31.7 Å². The molecule has 0 bridgehead atoms. The third-order valence-electron chi connectivity index (χ3n) is 4.34.